The molecule has 0 spiro atoms. The highest BCUT2D eigenvalue weighted by Gasteiger charge is 2.24. The first-order valence-electron chi connectivity index (χ1n) is 8.99. The molecule has 0 atom stereocenters. The summed E-state index contributed by atoms with van der Waals surface area (Å²) in [6.07, 6.45) is 6.60. The summed E-state index contributed by atoms with van der Waals surface area (Å²) in [6.45, 7) is 1.95. The van der Waals surface area contributed by atoms with Crippen molar-refractivity contribution in [2.24, 2.45) is 5.73 Å². The van der Waals surface area contributed by atoms with E-state index in [0.717, 1.165) is 55.7 Å². The summed E-state index contributed by atoms with van der Waals surface area (Å²) in [5.41, 5.74) is 7.89. The first-order valence-corrected chi connectivity index (χ1v) is 8.99. The van der Waals surface area contributed by atoms with Crippen LogP contribution in [0.1, 0.15) is 32.1 Å². The number of carbonyl (C=O) groups excluding carboxylic acids is 2. The number of nitrogens with one attached hydrogen (secondary N) is 1. The van der Waals surface area contributed by atoms with E-state index in [-0.39, 0.29) is 11.9 Å². The Bertz CT molecular complexity index is 773. The molecule has 0 radical (unpaired) electrons. The molecule has 1 aliphatic heterocycles. The molecule has 8 nitrogen and oxygen atoms in total. The van der Waals surface area contributed by atoms with Gasteiger partial charge in [-0.1, -0.05) is 30.2 Å². The Labute approximate surface area is 152 Å². The number of urea groups is 1. The topological polar surface area (TPSA) is 106 Å². The lowest BCUT2D eigenvalue weighted by Crippen LogP contribution is -2.49. The fourth-order valence-electron chi connectivity index (χ4n) is 2.96. The molecule has 138 valence electrons. The van der Waals surface area contributed by atoms with Gasteiger partial charge >= 0.3 is 6.03 Å². The highest BCUT2D eigenvalue weighted by molar-refractivity contribution is 6.05. The van der Waals surface area contributed by atoms with Crippen LogP contribution in [-0.2, 0) is 11.3 Å². The number of imide groups is 1. The van der Waals surface area contributed by atoms with E-state index in [1.54, 1.807) is 4.90 Å². The Morgan fingerprint density at radius 3 is 2.81 bits per heavy atom. The number of aromatic nitrogens is 3. The van der Waals surface area contributed by atoms with Gasteiger partial charge in [0.1, 0.15) is 5.69 Å². The van der Waals surface area contributed by atoms with Gasteiger partial charge < -0.3 is 5.73 Å². The predicted molar refractivity (Wildman–Crippen MR) is 98.5 cm³/mol. The Hall–Kier alpha value is -2.74. The number of carbonyl (C=O) groups is 2. The Kier molecular flexibility index (Phi) is 5.96. The summed E-state index contributed by atoms with van der Waals surface area (Å²) in [5.74, 6) is -0.239. The minimum Gasteiger partial charge on any atom is -0.330 e. The van der Waals surface area contributed by atoms with Gasteiger partial charge in [0, 0.05) is 30.8 Å². The number of nitrogens with two attached hydrogens (primary N) is 1. The molecule has 0 saturated carbocycles. The van der Waals surface area contributed by atoms with Gasteiger partial charge in [-0.25, -0.2) is 4.79 Å². The van der Waals surface area contributed by atoms with Crippen molar-refractivity contribution in [3.63, 3.8) is 0 Å². The van der Waals surface area contributed by atoms with Gasteiger partial charge in [-0.05, 0) is 31.5 Å². The van der Waals surface area contributed by atoms with Crippen molar-refractivity contribution in [2.75, 3.05) is 18.0 Å². The number of anilines is 1. The molecule has 8 heteroatoms. The van der Waals surface area contributed by atoms with Crippen LogP contribution in [0.3, 0.4) is 0 Å². The molecule has 2 heterocycles. The van der Waals surface area contributed by atoms with Gasteiger partial charge in [-0.3, -0.25) is 19.7 Å². The number of aryl methyl sites for hydroxylation is 1. The third-order valence-corrected chi connectivity index (χ3v) is 4.39. The fraction of sp³-hybridized carbons (Fsp3) is 0.444. The molecule has 1 fully saturated rings. The number of benzene rings is 1. The van der Waals surface area contributed by atoms with E-state index in [9.17, 15) is 9.59 Å². The monoisotopic (exact) mass is 356 g/mol. The fourth-order valence-corrected chi connectivity index (χ4v) is 2.96. The maximum atomic E-state index is 12.0. The van der Waals surface area contributed by atoms with Crippen LogP contribution in [0, 0.1) is 0 Å². The number of rotatable bonds is 8. The third-order valence-electron chi connectivity index (χ3n) is 4.39. The maximum absolute atomic E-state index is 12.0. The molecule has 2 aromatic rings. The summed E-state index contributed by atoms with van der Waals surface area (Å²) < 4.78 is 1.84. The van der Waals surface area contributed by atoms with Crippen LogP contribution < -0.4 is 16.0 Å². The predicted octanol–water partition coefficient (Wildman–Crippen LogP) is 1.91. The lowest BCUT2D eigenvalue weighted by atomic mass is 10.1. The molecule has 1 aromatic heterocycles. The number of unbranched alkanes of at least 4 members (excludes halogenated alkanes) is 3. The molecule has 0 unspecified atom stereocenters. The molecule has 1 aliphatic rings. The van der Waals surface area contributed by atoms with Gasteiger partial charge in [0.15, 0.2) is 0 Å². The summed E-state index contributed by atoms with van der Waals surface area (Å²) in [5, 5.41) is 10.8. The quantitative estimate of drug-likeness (QED) is 0.703. The number of nitrogens with zero attached hydrogens (tertiary/aromatic N) is 4. The van der Waals surface area contributed by atoms with Crippen LogP contribution in [0.25, 0.3) is 11.3 Å². The van der Waals surface area contributed by atoms with Crippen molar-refractivity contribution in [2.45, 2.75) is 38.6 Å². The molecule has 0 aliphatic carbocycles. The van der Waals surface area contributed by atoms with Crippen LogP contribution in [0.15, 0.2) is 30.5 Å². The summed E-state index contributed by atoms with van der Waals surface area (Å²) >= 11 is 0. The second kappa shape index (κ2) is 8.57. The van der Waals surface area contributed by atoms with Crippen LogP contribution in [0.5, 0.6) is 0 Å². The highest BCUT2D eigenvalue weighted by atomic mass is 16.2. The van der Waals surface area contributed by atoms with Gasteiger partial charge in [0.2, 0.25) is 5.91 Å². The SMILES string of the molecule is NCCCCCCn1cc(-c2cccc(N3CCC(=O)NC3=O)c2)nn1. The average molecular weight is 356 g/mol. The van der Waals surface area contributed by atoms with E-state index in [0.29, 0.717) is 13.0 Å². The van der Waals surface area contributed by atoms with Crippen molar-refractivity contribution in [3.8, 4) is 11.3 Å². The lowest BCUT2D eigenvalue weighted by Gasteiger charge is -2.26. The molecule has 3 rings (SSSR count). The van der Waals surface area contributed by atoms with Crippen LogP contribution >= 0.6 is 0 Å². The number of hydrogen-bond donors (Lipinski definition) is 2. The molecule has 1 saturated heterocycles. The van der Waals surface area contributed by atoms with Gasteiger partial charge in [-0.2, -0.15) is 0 Å². The molecule has 26 heavy (non-hydrogen) atoms. The molecule has 3 amide bonds. The summed E-state index contributed by atoms with van der Waals surface area (Å²) in [7, 11) is 0. The van der Waals surface area contributed by atoms with Gasteiger partial charge in [0.05, 0.1) is 6.20 Å². The van der Waals surface area contributed by atoms with Crippen molar-refractivity contribution in [1.82, 2.24) is 20.3 Å². The molecular weight excluding hydrogens is 332 g/mol. The second-order valence-electron chi connectivity index (χ2n) is 6.38. The largest absolute Gasteiger partial charge is 0.330 e. The number of amides is 3. The smallest absolute Gasteiger partial charge is 0.328 e. The molecule has 1 aromatic carbocycles. The van der Waals surface area contributed by atoms with Gasteiger partial charge in [-0.15, -0.1) is 5.10 Å². The van der Waals surface area contributed by atoms with E-state index in [1.165, 1.54) is 0 Å². The van der Waals surface area contributed by atoms with Crippen molar-refractivity contribution < 1.29 is 9.59 Å². The van der Waals surface area contributed by atoms with E-state index >= 15 is 0 Å². The van der Waals surface area contributed by atoms with E-state index in [1.807, 2.05) is 35.1 Å². The van der Waals surface area contributed by atoms with E-state index in [4.69, 9.17) is 5.73 Å². The second-order valence-corrected chi connectivity index (χ2v) is 6.38. The Balaban J connectivity index is 1.65. The third kappa shape index (κ3) is 4.45. The highest BCUT2D eigenvalue weighted by Crippen LogP contribution is 2.24. The average Bonchev–Trinajstić information content (AvgIpc) is 3.11. The van der Waals surface area contributed by atoms with Crippen molar-refractivity contribution in [3.05, 3.63) is 30.5 Å². The number of hydrogen-bond acceptors (Lipinski definition) is 5. The standard InChI is InChI=1S/C18H24N6O2/c19-9-3-1-2-4-10-23-13-16(21-22-23)14-6-5-7-15(12-14)24-11-8-17(25)20-18(24)26/h5-7,12-13H,1-4,8-11,19H2,(H,20,25,26). The van der Waals surface area contributed by atoms with Crippen LogP contribution in [0.4, 0.5) is 10.5 Å². The van der Waals surface area contributed by atoms with Crippen LogP contribution in [0.2, 0.25) is 0 Å². The zero-order valence-corrected chi connectivity index (χ0v) is 14.7. The van der Waals surface area contributed by atoms with Crippen molar-refractivity contribution in [1.29, 1.82) is 0 Å². The first kappa shape index (κ1) is 18.1. The van der Waals surface area contributed by atoms with Gasteiger partial charge in [0.25, 0.3) is 0 Å². The molecule has 0 bridgehead atoms. The van der Waals surface area contributed by atoms with E-state index in [2.05, 4.69) is 15.6 Å². The molecule has 3 N–H and O–H groups in total. The zero-order chi connectivity index (χ0) is 18.4. The van der Waals surface area contributed by atoms with E-state index < -0.39 is 0 Å². The normalized spacial score (nSPS) is 14.6. The zero-order valence-electron chi connectivity index (χ0n) is 14.7. The Morgan fingerprint density at radius 1 is 1.15 bits per heavy atom. The minimum absolute atomic E-state index is 0.239. The summed E-state index contributed by atoms with van der Waals surface area (Å²) in [6, 6.07) is 7.16. The van der Waals surface area contributed by atoms with Crippen LogP contribution in [-0.4, -0.2) is 40.0 Å². The molecular formula is C18H24N6O2. The first-order chi connectivity index (χ1) is 12.7. The minimum atomic E-state index is -0.389. The van der Waals surface area contributed by atoms with Crippen molar-refractivity contribution >= 4 is 17.6 Å². The lowest BCUT2D eigenvalue weighted by molar-refractivity contribution is -0.120. The summed E-state index contributed by atoms with van der Waals surface area (Å²) in [4.78, 5) is 24.9. The Morgan fingerprint density at radius 2 is 2.00 bits per heavy atom. The maximum Gasteiger partial charge on any atom is 0.328 e.